The molecule has 0 aliphatic carbocycles. The molecule has 0 spiro atoms. The fourth-order valence-electron chi connectivity index (χ4n) is 2.22. The van der Waals surface area contributed by atoms with E-state index in [0.717, 1.165) is 0 Å². The van der Waals surface area contributed by atoms with Gasteiger partial charge in [-0.3, -0.25) is 9.59 Å². The SMILES string of the molecule is NC(=O)c1cc(Nc2ccncn2)c(Nc2ccncn2)cc1C(N)=O. The number of nitrogens with two attached hydrogens (primary N) is 2. The van der Waals surface area contributed by atoms with Gasteiger partial charge in [0.25, 0.3) is 0 Å². The Labute approximate surface area is 147 Å². The Morgan fingerprint density at radius 3 is 1.50 bits per heavy atom. The first-order valence-corrected chi connectivity index (χ1v) is 7.38. The van der Waals surface area contributed by atoms with Gasteiger partial charge in [0.05, 0.1) is 22.5 Å². The van der Waals surface area contributed by atoms with Crippen molar-refractivity contribution >= 4 is 34.8 Å². The summed E-state index contributed by atoms with van der Waals surface area (Å²) in [5.41, 5.74) is 11.6. The second-order valence-corrected chi connectivity index (χ2v) is 5.11. The largest absolute Gasteiger partial charge is 0.366 e. The highest BCUT2D eigenvalue weighted by atomic mass is 16.2. The van der Waals surface area contributed by atoms with Crippen molar-refractivity contribution in [3.63, 3.8) is 0 Å². The molecule has 0 saturated heterocycles. The number of benzene rings is 1. The van der Waals surface area contributed by atoms with Crippen LogP contribution in [0.5, 0.6) is 0 Å². The predicted octanol–water partition coefficient (Wildman–Crippen LogP) is 0.952. The maximum Gasteiger partial charge on any atom is 0.249 e. The van der Waals surface area contributed by atoms with Crippen molar-refractivity contribution in [3.05, 3.63) is 60.4 Å². The Morgan fingerprint density at radius 2 is 1.19 bits per heavy atom. The summed E-state index contributed by atoms with van der Waals surface area (Å²) in [5.74, 6) is -0.600. The Bertz CT molecular complexity index is 869. The van der Waals surface area contributed by atoms with E-state index in [-0.39, 0.29) is 11.1 Å². The van der Waals surface area contributed by atoms with Crippen LogP contribution >= 0.6 is 0 Å². The molecule has 1 aromatic carbocycles. The molecule has 0 fully saturated rings. The lowest BCUT2D eigenvalue weighted by Crippen LogP contribution is -2.21. The fraction of sp³-hybridized carbons (Fsp3) is 0. The van der Waals surface area contributed by atoms with E-state index in [1.54, 1.807) is 24.5 Å². The van der Waals surface area contributed by atoms with Crippen molar-refractivity contribution < 1.29 is 9.59 Å². The Hall–Kier alpha value is -4.08. The summed E-state index contributed by atoms with van der Waals surface area (Å²) in [5, 5.41) is 6.07. The van der Waals surface area contributed by atoms with E-state index in [0.29, 0.717) is 23.0 Å². The fourth-order valence-corrected chi connectivity index (χ4v) is 2.22. The van der Waals surface area contributed by atoms with Crippen LogP contribution in [0.4, 0.5) is 23.0 Å². The number of carbonyl (C=O) groups excluding carboxylic acids is 2. The van der Waals surface area contributed by atoms with Crippen molar-refractivity contribution in [1.82, 2.24) is 19.9 Å². The molecule has 0 bridgehead atoms. The van der Waals surface area contributed by atoms with Crippen molar-refractivity contribution in [2.24, 2.45) is 11.5 Å². The molecule has 2 heterocycles. The number of hydrogen-bond acceptors (Lipinski definition) is 8. The molecule has 130 valence electrons. The quantitative estimate of drug-likeness (QED) is 0.510. The minimum Gasteiger partial charge on any atom is -0.366 e. The van der Waals surface area contributed by atoms with Gasteiger partial charge in [-0.2, -0.15) is 0 Å². The lowest BCUT2D eigenvalue weighted by Gasteiger charge is -2.16. The molecule has 2 aromatic heterocycles. The van der Waals surface area contributed by atoms with Gasteiger partial charge in [-0.25, -0.2) is 19.9 Å². The highest BCUT2D eigenvalue weighted by Gasteiger charge is 2.18. The summed E-state index contributed by atoms with van der Waals surface area (Å²) < 4.78 is 0. The van der Waals surface area contributed by atoms with E-state index < -0.39 is 11.8 Å². The van der Waals surface area contributed by atoms with Crippen LogP contribution in [0, 0.1) is 0 Å². The molecule has 26 heavy (non-hydrogen) atoms. The lowest BCUT2D eigenvalue weighted by atomic mass is 10.0. The normalized spacial score (nSPS) is 10.2. The highest BCUT2D eigenvalue weighted by Crippen LogP contribution is 2.30. The minimum absolute atomic E-state index is 0.0118. The Morgan fingerprint density at radius 1 is 0.769 bits per heavy atom. The van der Waals surface area contributed by atoms with Crippen LogP contribution in [0.2, 0.25) is 0 Å². The van der Waals surface area contributed by atoms with Crippen LogP contribution < -0.4 is 22.1 Å². The molecule has 10 heteroatoms. The third kappa shape index (κ3) is 3.70. The molecule has 3 rings (SSSR count). The summed E-state index contributed by atoms with van der Waals surface area (Å²) in [6, 6.07) is 6.13. The minimum atomic E-state index is -0.780. The van der Waals surface area contributed by atoms with Gasteiger partial charge >= 0.3 is 0 Å². The summed E-state index contributed by atoms with van der Waals surface area (Å²) in [4.78, 5) is 39.3. The number of amides is 2. The second kappa shape index (κ2) is 7.21. The number of primary amides is 2. The van der Waals surface area contributed by atoms with Crippen molar-refractivity contribution in [2.45, 2.75) is 0 Å². The monoisotopic (exact) mass is 350 g/mol. The van der Waals surface area contributed by atoms with Gasteiger partial charge in [0.15, 0.2) is 0 Å². The molecule has 0 unspecified atom stereocenters. The Balaban J connectivity index is 2.10. The summed E-state index contributed by atoms with van der Waals surface area (Å²) in [7, 11) is 0. The summed E-state index contributed by atoms with van der Waals surface area (Å²) in [6.07, 6.45) is 5.85. The molecule has 0 aliphatic heterocycles. The first-order chi connectivity index (χ1) is 12.5. The highest BCUT2D eigenvalue weighted by molar-refractivity contribution is 6.08. The van der Waals surface area contributed by atoms with Gasteiger partial charge in [0.1, 0.15) is 24.3 Å². The standard InChI is InChI=1S/C16H14N8O2/c17-15(25)9-5-11(23-13-1-3-19-7-21-13)12(6-10(9)16(18)26)24-14-2-4-20-8-22-14/h1-8H,(H2,17,25)(H2,18,26)(H,19,21,23)(H,20,22,24). The number of rotatable bonds is 6. The first-order valence-electron chi connectivity index (χ1n) is 7.38. The average Bonchev–Trinajstić information content (AvgIpc) is 2.64. The zero-order chi connectivity index (χ0) is 18.5. The smallest absolute Gasteiger partial charge is 0.249 e. The summed E-state index contributed by atoms with van der Waals surface area (Å²) >= 11 is 0. The van der Waals surface area contributed by atoms with Gasteiger partial charge in [-0.15, -0.1) is 0 Å². The van der Waals surface area contributed by atoms with Crippen molar-refractivity contribution in [1.29, 1.82) is 0 Å². The van der Waals surface area contributed by atoms with Crippen LogP contribution in [0.3, 0.4) is 0 Å². The van der Waals surface area contributed by atoms with Gasteiger partial charge < -0.3 is 22.1 Å². The Kier molecular flexibility index (Phi) is 4.65. The van der Waals surface area contributed by atoms with Crippen LogP contribution in [0.1, 0.15) is 20.7 Å². The van der Waals surface area contributed by atoms with E-state index >= 15 is 0 Å². The lowest BCUT2D eigenvalue weighted by molar-refractivity contribution is 0.0967. The van der Waals surface area contributed by atoms with Crippen molar-refractivity contribution in [3.8, 4) is 0 Å². The predicted molar refractivity (Wildman–Crippen MR) is 94.1 cm³/mol. The zero-order valence-electron chi connectivity index (χ0n) is 13.4. The van der Waals surface area contributed by atoms with Crippen LogP contribution in [-0.2, 0) is 0 Å². The van der Waals surface area contributed by atoms with Crippen LogP contribution in [0.15, 0.2) is 49.3 Å². The molecule has 0 atom stereocenters. The molecule has 0 radical (unpaired) electrons. The average molecular weight is 350 g/mol. The number of carbonyl (C=O) groups is 2. The maximum absolute atomic E-state index is 11.7. The van der Waals surface area contributed by atoms with Gasteiger partial charge in [0, 0.05) is 12.4 Å². The topological polar surface area (TPSA) is 162 Å². The van der Waals surface area contributed by atoms with E-state index in [2.05, 4.69) is 30.6 Å². The number of nitrogens with zero attached hydrogens (tertiary/aromatic N) is 4. The molecule has 2 amide bonds. The summed E-state index contributed by atoms with van der Waals surface area (Å²) in [6.45, 7) is 0. The van der Waals surface area contributed by atoms with Crippen LogP contribution in [0.25, 0.3) is 0 Å². The molecule has 0 saturated carbocycles. The van der Waals surface area contributed by atoms with Gasteiger partial charge in [-0.1, -0.05) is 0 Å². The molecule has 3 aromatic rings. The van der Waals surface area contributed by atoms with Crippen molar-refractivity contribution in [2.75, 3.05) is 10.6 Å². The third-order valence-corrected chi connectivity index (χ3v) is 3.38. The molecular formula is C16H14N8O2. The van der Waals surface area contributed by atoms with Gasteiger partial charge in [0.2, 0.25) is 11.8 Å². The van der Waals surface area contributed by atoms with E-state index in [4.69, 9.17) is 11.5 Å². The number of hydrogen-bond donors (Lipinski definition) is 4. The first kappa shape index (κ1) is 16.8. The third-order valence-electron chi connectivity index (χ3n) is 3.38. The molecule has 10 nitrogen and oxygen atoms in total. The van der Waals surface area contributed by atoms with E-state index in [9.17, 15) is 9.59 Å². The molecular weight excluding hydrogens is 336 g/mol. The van der Waals surface area contributed by atoms with Crippen LogP contribution in [-0.4, -0.2) is 31.8 Å². The second-order valence-electron chi connectivity index (χ2n) is 5.11. The molecule has 6 N–H and O–H groups in total. The maximum atomic E-state index is 11.7. The molecule has 0 aliphatic rings. The number of anilines is 4. The number of nitrogens with one attached hydrogen (secondary N) is 2. The number of aromatic nitrogens is 4. The van der Waals surface area contributed by atoms with E-state index in [1.165, 1.54) is 24.8 Å². The van der Waals surface area contributed by atoms with E-state index in [1.807, 2.05) is 0 Å². The van der Waals surface area contributed by atoms with Gasteiger partial charge in [-0.05, 0) is 24.3 Å². The zero-order valence-corrected chi connectivity index (χ0v) is 13.4.